The van der Waals surface area contributed by atoms with E-state index >= 15 is 0 Å². The number of carbonyl (C=O) groups is 2. The molecule has 33 heavy (non-hydrogen) atoms. The van der Waals surface area contributed by atoms with Gasteiger partial charge in [-0.05, 0) is 43.2 Å². The molecule has 0 N–H and O–H groups in total. The summed E-state index contributed by atoms with van der Waals surface area (Å²) >= 11 is 12.1. The van der Waals surface area contributed by atoms with Gasteiger partial charge in [0.15, 0.2) is 0 Å². The standard InChI is InChI=1S/C24H23Cl2N5O2/c1-14-7-16(11-27-10-14)12-29-5-6-31-22(24(29)33)18-13-30(15(2)8-21(18)28-31)23(32)17-3-4-19(25)20(26)9-17/h3-4,7,9-11,15H,5-6,8,12-13H2,1-2H3/t15-/m1/s1. The largest absolute Gasteiger partial charge is 0.331 e. The van der Waals surface area contributed by atoms with Gasteiger partial charge in [0.05, 0.1) is 28.8 Å². The molecule has 0 aliphatic carbocycles. The van der Waals surface area contributed by atoms with Gasteiger partial charge >= 0.3 is 0 Å². The monoisotopic (exact) mass is 483 g/mol. The van der Waals surface area contributed by atoms with Crippen molar-refractivity contribution >= 4 is 35.0 Å². The van der Waals surface area contributed by atoms with Crippen molar-refractivity contribution in [2.45, 2.75) is 45.9 Å². The third kappa shape index (κ3) is 4.00. The molecule has 7 nitrogen and oxygen atoms in total. The Kier molecular flexibility index (Phi) is 5.62. The number of fused-ring (bicyclic) bond motifs is 3. The molecule has 0 spiro atoms. The van der Waals surface area contributed by atoms with Crippen molar-refractivity contribution in [3.05, 3.63) is 80.3 Å². The molecule has 2 amide bonds. The van der Waals surface area contributed by atoms with Gasteiger partial charge in [0.2, 0.25) is 0 Å². The molecule has 0 saturated carbocycles. The SMILES string of the molecule is Cc1cncc(CN2CCn3nc4c(c3C2=O)CN(C(=O)c2ccc(Cl)c(Cl)c2)[C@H](C)C4)c1. The van der Waals surface area contributed by atoms with Crippen LogP contribution in [0.4, 0.5) is 0 Å². The summed E-state index contributed by atoms with van der Waals surface area (Å²) in [5.41, 5.74) is 4.83. The smallest absolute Gasteiger partial charge is 0.272 e. The average Bonchev–Trinajstić information content (AvgIpc) is 3.14. The molecule has 0 radical (unpaired) electrons. The maximum atomic E-state index is 13.5. The topological polar surface area (TPSA) is 71.3 Å². The molecule has 170 valence electrons. The van der Waals surface area contributed by atoms with E-state index in [4.69, 9.17) is 28.3 Å². The summed E-state index contributed by atoms with van der Waals surface area (Å²) < 4.78 is 1.80. The molecule has 2 aromatic heterocycles. The van der Waals surface area contributed by atoms with E-state index in [9.17, 15) is 9.59 Å². The predicted octanol–water partition coefficient (Wildman–Crippen LogP) is 4.14. The number of nitrogens with zero attached hydrogens (tertiary/aromatic N) is 5. The fourth-order valence-electron chi connectivity index (χ4n) is 4.61. The fourth-order valence-corrected chi connectivity index (χ4v) is 4.90. The van der Waals surface area contributed by atoms with Crippen LogP contribution in [0.25, 0.3) is 0 Å². The molecule has 0 unspecified atom stereocenters. The van der Waals surface area contributed by atoms with Gasteiger partial charge in [-0.1, -0.05) is 29.3 Å². The Morgan fingerprint density at radius 3 is 2.73 bits per heavy atom. The van der Waals surface area contributed by atoms with Gasteiger partial charge in [-0.2, -0.15) is 5.10 Å². The molecule has 0 bridgehead atoms. The van der Waals surface area contributed by atoms with E-state index in [1.54, 1.807) is 40.2 Å². The lowest BCUT2D eigenvalue weighted by Crippen LogP contribution is -2.44. The van der Waals surface area contributed by atoms with Crippen molar-refractivity contribution in [2.75, 3.05) is 6.54 Å². The summed E-state index contributed by atoms with van der Waals surface area (Å²) in [5, 5.41) is 5.47. The molecule has 2 aliphatic rings. The molecular weight excluding hydrogens is 461 g/mol. The fraction of sp³-hybridized carbons (Fsp3) is 0.333. The first-order valence-corrected chi connectivity index (χ1v) is 11.6. The van der Waals surface area contributed by atoms with Crippen molar-refractivity contribution in [3.8, 4) is 0 Å². The van der Waals surface area contributed by atoms with Gasteiger partial charge in [0.1, 0.15) is 5.69 Å². The van der Waals surface area contributed by atoms with E-state index in [1.165, 1.54) is 0 Å². The Balaban J connectivity index is 1.43. The number of amides is 2. The van der Waals surface area contributed by atoms with Gasteiger partial charge in [-0.3, -0.25) is 19.3 Å². The lowest BCUT2D eigenvalue weighted by Gasteiger charge is -2.34. The van der Waals surface area contributed by atoms with E-state index in [0.717, 1.165) is 22.4 Å². The molecule has 5 rings (SSSR count). The highest BCUT2D eigenvalue weighted by Gasteiger charge is 2.37. The molecule has 1 atom stereocenters. The number of aryl methyl sites for hydroxylation is 1. The van der Waals surface area contributed by atoms with Gasteiger partial charge < -0.3 is 9.80 Å². The van der Waals surface area contributed by atoms with Crippen LogP contribution in [0.15, 0.2) is 36.7 Å². The summed E-state index contributed by atoms with van der Waals surface area (Å²) in [6.45, 7) is 6.02. The highest BCUT2D eigenvalue weighted by atomic mass is 35.5. The number of hydrogen-bond donors (Lipinski definition) is 0. The van der Waals surface area contributed by atoms with Crippen LogP contribution in [0.5, 0.6) is 0 Å². The maximum Gasteiger partial charge on any atom is 0.272 e. The van der Waals surface area contributed by atoms with E-state index in [-0.39, 0.29) is 17.9 Å². The molecule has 1 aromatic carbocycles. The second-order valence-corrected chi connectivity index (χ2v) is 9.52. The Labute approximate surface area is 201 Å². The summed E-state index contributed by atoms with van der Waals surface area (Å²) in [7, 11) is 0. The summed E-state index contributed by atoms with van der Waals surface area (Å²) in [4.78, 5) is 34.6. The summed E-state index contributed by atoms with van der Waals surface area (Å²) in [6, 6.07) is 6.88. The zero-order valence-electron chi connectivity index (χ0n) is 18.4. The zero-order valence-corrected chi connectivity index (χ0v) is 19.9. The number of rotatable bonds is 3. The van der Waals surface area contributed by atoms with Crippen LogP contribution in [0.2, 0.25) is 10.0 Å². The average molecular weight is 484 g/mol. The molecule has 4 heterocycles. The lowest BCUT2D eigenvalue weighted by molar-refractivity contribution is 0.0637. The van der Waals surface area contributed by atoms with Crippen LogP contribution in [0.1, 0.15) is 50.2 Å². The van der Waals surface area contributed by atoms with E-state index in [2.05, 4.69) is 4.98 Å². The molecule has 9 heteroatoms. The highest BCUT2D eigenvalue weighted by Crippen LogP contribution is 2.31. The van der Waals surface area contributed by atoms with E-state index < -0.39 is 0 Å². The summed E-state index contributed by atoms with van der Waals surface area (Å²) in [5.74, 6) is -0.203. The van der Waals surface area contributed by atoms with Gasteiger partial charge in [0.25, 0.3) is 11.8 Å². The third-order valence-electron chi connectivity index (χ3n) is 6.29. The van der Waals surface area contributed by atoms with Crippen LogP contribution in [0.3, 0.4) is 0 Å². The van der Waals surface area contributed by atoms with Gasteiger partial charge in [0, 0.05) is 49.1 Å². The van der Waals surface area contributed by atoms with Crippen LogP contribution >= 0.6 is 23.2 Å². The van der Waals surface area contributed by atoms with Crippen LogP contribution in [-0.4, -0.2) is 49.0 Å². The zero-order chi connectivity index (χ0) is 23.3. The molecule has 3 aromatic rings. The van der Waals surface area contributed by atoms with Crippen molar-refractivity contribution in [1.29, 1.82) is 0 Å². The first-order chi connectivity index (χ1) is 15.8. The second kappa shape index (κ2) is 8.47. The minimum Gasteiger partial charge on any atom is -0.331 e. The number of carbonyl (C=O) groups excluding carboxylic acids is 2. The predicted molar refractivity (Wildman–Crippen MR) is 125 cm³/mol. The Bertz CT molecular complexity index is 1270. The minimum atomic E-state index is -0.141. The summed E-state index contributed by atoms with van der Waals surface area (Å²) in [6.07, 6.45) is 4.19. The number of benzene rings is 1. The van der Waals surface area contributed by atoms with Crippen LogP contribution in [0, 0.1) is 6.92 Å². The number of aromatic nitrogens is 3. The first-order valence-electron chi connectivity index (χ1n) is 10.9. The second-order valence-electron chi connectivity index (χ2n) is 8.71. The number of pyridine rings is 1. The normalized spacial score (nSPS) is 17.7. The number of halogens is 2. The molecule has 2 aliphatic heterocycles. The highest BCUT2D eigenvalue weighted by molar-refractivity contribution is 6.42. The quantitative estimate of drug-likeness (QED) is 0.561. The van der Waals surface area contributed by atoms with Crippen molar-refractivity contribution in [1.82, 2.24) is 24.6 Å². The van der Waals surface area contributed by atoms with Crippen LogP contribution in [-0.2, 0) is 26.1 Å². The van der Waals surface area contributed by atoms with E-state index in [0.29, 0.717) is 53.9 Å². The Hall–Kier alpha value is -2.90. The van der Waals surface area contributed by atoms with Crippen molar-refractivity contribution in [2.24, 2.45) is 0 Å². The minimum absolute atomic E-state index is 0.0546. The lowest BCUT2D eigenvalue weighted by atomic mass is 9.97. The van der Waals surface area contributed by atoms with E-state index in [1.807, 2.05) is 24.8 Å². The Morgan fingerprint density at radius 2 is 1.97 bits per heavy atom. The van der Waals surface area contributed by atoms with Crippen molar-refractivity contribution in [3.63, 3.8) is 0 Å². The van der Waals surface area contributed by atoms with Crippen molar-refractivity contribution < 1.29 is 9.59 Å². The van der Waals surface area contributed by atoms with Crippen LogP contribution < -0.4 is 0 Å². The molecule has 0 saturated heterocycles. The van der Waals surface area contributed by atoms with Gasteiger partial charge in [-0.25, -0.2) is 0 Å². The maximum absolute atomic E-state index is 13.5. The number of hydrogen-bond acceptors (Lipinski definition) is 4. The van der Waals surface area contributed by atoms with Gasteiger partial charge in [-0.15, -0.1) is 0 Å². The third-order valence-corrected chi connectivity index (χ3v) is 7.03. The molecule has 0 fully saturated rings. The first kappa shape index (κ1) is 21.9. The Morgan fingerprint density at radius 1 is 1.15 bits per heavy atom. The molecular formula is C24H23Cl2N5O2.